The zero-order chi connectivity index (χ0) is 26.8. The number of hydrogen-bond donors (Lipinski definition) is 2. The molecule has 192 valence electrons. The Morgan fingerprint density at radius 1 is 0.974 bits per heavy atom. The summed E-state index contributed by atoms with van der Waals surface area (Å²) in [4.78, 5) is 41.4. The number of nitrogens with zero attached hydrogens (tertiary/aromatic N) is 4. The lowest BCUT2D eigenvalue weighted by atomic mass is 10.0. The maximum atomic E-state index is 14.8. The highest BCUT2D eigenvalue weighted by Gasteiger charge is 2.29. The van der Waals surface area contributed by atoms with Gasteiger partial charge in [-0.25, -0.2) is 23.1 Å². The molecule has 2 N–H and O–H groups in total. The standard InChI is InChI=1S/C27H21F3N6O2/c1-14-8-19(28)20(35-27(38)17-5-6-32-21(9-17)25(29)30)11-18(14)23-13-31-12-22(34-23)16-4-7-33-24(10-16)36-26(37)15-2-3-15/h4-13,15,25H,2-3H2,1H3,(H,35,38)(H,33,36,37). The number of aryl methyl sites for hydroxylation is 1. The third-order valence-electron chi connectivity index (χ3n) is 5.99. The van der Waals surface area contributed by atoms with Gasteiger partial charge in [-0.3, -0.25) is 19.6 Å². The van der Waals surface area contributed by atoms with E-state index in [1.807, 2.05) is 0 Å². The van der Waals surface area contributed by atoms with Gasteiger partial charge in [-0.2, -0.15) is 0 Å². The molecular weight excluding hydrogens is 497 g/mol. The number of benzene rings is 1. The van der Waals surface area contributed by atoms with Crippen molar-refractivity contribution in [2.45, 2.75) is 26.2 Å². The minimum Gasteiger partial charge on any atom is -0.319 e. The van der Waals surface area contributed by atoms with Crippen molar-refractivity contribution >= 4 is 23.3 Å². The molecule has 8 nitrogen and oxygen atoms in total. The van der Waals surface area contributed by atoms with Crippen LogP contribution in [-0.4, -0.2) is 31.8 Å². The van der Waals surface area contributed by atoms with Crippen LogP contribution in [0.3, 0.4) is 0 Å². The van der Waals surface area contributed by atoms with Crippen molar-refractivity contribution in [2.24, 2.45) is 5.92 Å². The Kier molecular flexibility index (Phi) is 6.82. The number of hydrogen-bond acceptors (Lipinski definition) is 6. The van der Waals surface area contributed by atoms with Gasteiger partial charge in [0, 0.05) is 35.0 Å². The van der Waals surface area contributed by atoms with E-state index < -0.39 is 23.8 Å². The zero-order valence-electron chi connectivity index (χ0n) is 20.1. The van der Waals surface area contributed by atoms with E-state index in [1.165, 1.54) is 24.4 Å². The number of aromatic nitrogens is 4. The van der Waals surface area contributed by atoms with Crippen LogP contribution in [-0.2, 0) is 4.79 Å². The number of rotatable bonds is 7. The summed E-state index contributed by atoms with van der Waals surface area (Å²) in [5, 5.41) is 5.23. The third-order valence-corrected chi connectivity index (χ3v) is 5.99. The Morgan fingerprint density at radius 3 is 2.50 bits per heavy atom. The zero-order valence-corrected chi connectivity index (χ0v) is 20.1. The van der Waals surface area contributed by atoms with Crippen LogP contribution in [0.4, 0.5) is 24.7 Å². The molecule has 1 aliphatic carbocycles. The van der Waals surface area contributed by atoms with Crippen molar-refractivity contribution in [3.8, 4) is 22.5 Å². The molecule has 0 atom stereocenters. The SMILES string of the molecule is Cc1cc(F)c(NC(=O)c2ccnc(C(F)F)c2)cc1-c1cncc(-c2ccnc(NC(=O)C3CC3)c2)n1. The predicted octanol–water partition coefficient (Wildman–Crippen LogP) is 5.59. The smallest absolute Gasteiger partial charge is 0.280 e. The lowest BCUT2D eigenvalue weighted by Crippen LogP contribution is -2.14. The minimum atomic E-state index is -2.85. The van der Waals surface area contributed by atoms with Gasteiger partial charge in [0.1, 0.15) is 17.3 Å². The quantitative estimate of drug-likeness (QED) is 0.330. The summed E-state index contributed by atoms with van der Waals surface area (Å²) in [6.07, 6.45) is 4.61. The van der Waals surface area contributed by atoms with Crippen LogP contribution < -0.4 is 10.6 Å². The van der Waals surface area contributed by atoms with E-state index in [4.69, 9.17) is 0 Å². The number of carbonyl (C=O) groups excluding carboxylic acids is 2. The second-order valence-corrected chi connectivity index (χ2v) is 8.85. The Balaban J connectivity index is 1.42. The molecule has 0 saturated heterocycles. The summed E-state index contributed by atoms with van der Waals surface area (Å²) in [5.41, 5.74) is 1.85. The topological polar surface area (TPSA) is 110 Å². The summed E-state index contributed by atoms with van der Waals surface area (Å²) in [7, 11) is 0. The van der Waals surface area contributed by atoms with Gasteiger partial charge in [0.2, 0.25) is 5.91 Å². The van der Waals surface area contributed by atoms with Gasteiger partial charge >= 0.3 is 0 Å². The summed E-state index contributed by atoms with van der Waals surface area (Å²) in [5.74, 6) is -1.09. The van der Waals surface area contributed by atoms with Crippen LogP contribution in [0, 0.1) is 18.7 Å². The predicted molar refractivity (Wildman–Crippen MR) is 134 cm³/mol. The van der Waals surface area contributed by atoms with Crippen LogP contribution >= 0.6 is 0 Å². The van der Waals surface area contributed by atoms with Gasteiger partial charge in [0.25, 0.3) is 12.3 Å². The van der Waals surface area contributed by atoms with Crippen LogP contribution in [0.5, 0.6) is 0 Å². The molecule has 0 aliphatic heterocycles. The maximum Gasteiger partial charge on any atom is 0.280 e. The minimum absolute atomic E-state index is 0.0321. The number of halogens is 3. The Bertz CT molecular complexity index is 1540. The molecule has 38 heavy (non-hydrogen) atoms. The second kappa shape index (κ2) is 10.4. The molecule has 4 aromatic rings. The number of alkyl halides is 2. The van der Waals surface area contributed by atoms with Crippen molar-refractivity contribution in [3.05, 3.63) is 83.8 Å². The fraction of sp³-hybridized carbons (Fsp3) is 0.185. The van der Waals surface area contributed by atoms with Gasteiger partial charge in [-0.05, 0) is 61.7 Å². The van der Waals surface area contributed by atoms with E-state index in [0.717, 1.165) is 25.1 Å². The van der Waals surface area contributed by atoms with E-state index in [0.29, 0.717) is 33.9 Å². The normalized spacial score (nSPS) is 12.9. The lowest BCUT2D eigenvalue weighted by Gasteiger charge is -2.13. The van der Waals surface area contributed by atoms with Gasteiger partial charge in [-0.1, -0.05) is 0 Å². The van der Waals surface area contributed by atoms with Crippen molar-refractivity contribution in [1.29, 1.82) is 0 Å². The molecule has 1 saturated carbocycles. The van der Waals surface area contributed by atoms with Gasteiger partial charge in [-0.15, -0.1) is 0 Å². The molecule has 1 aliphatic rings. The average molecular weight is 518 g/mol. The van der Waals surface area contributed by atoms with Gasteiger partial charge < -0.3 is 10.6 Å². The summed E-state index contributed by atoms with van der Waals surface area (Å²) >= 11 is 0. The summed E-state index contributed by atoms with van der Waals surface area (Å²) in [6, 6.07) is 8.30. The van der Waals surface area contributed by atoms with E-state index >= 15 is 0 Å². The first-order chi connectivity index (χ1) is 18.3. The Labute approximate surface area is 215 Å². The number of amides is 2. The first kappa shape index (κ1) is 25.0. The molecule has 2 amide bonds. The van der Waals surface area contributed by atoms with Crippen LogP contribution in [0.2, 0.25) is 0 Å². The first-order valence-corrected chi connectivity index (χ1v) is 11.7. The molecule has 3 aromatic heterocycles. The monoisotopic (exact) mass is 518 g/mol. The maximum absolute atomic E-state index is 14.8. The molecule has 0 unspecified atom stereocenters. The molecule has 5 rings (SSSR count). The molecule has 11 heteroatoms. The van der Waals surface area contributed by atoms with E-state index in [-0.39, 0.29) is 23.1 Å². The second-order valence-electron chi connectivity index (χ2n) is 8.85. The summed E-state index contributed by atoms with van der Waals surface area (Å²) < 4.78 is 40.7. The Hall–Kier alpha value is -4.67. The van der Waals surface area contributed by atoms with Crippen molar-refractivity contribution in [3.63, 3.8) is 0 Å². The highest BCUT2D eigenvalue weighted by Crippen LogP contribution is 2.31. The average Bonchev–Trinajstić information content (AvgIpc) is 3.76. The number of anilines is 2. The van der Waals surface area contributed by atoms with E-state index in [9.17, 15) is 22.8 Å². The van der Waals surface area contributed by atoms with Crippen LogP contribution in [0.25, 0.3) is 22.5 Å². The molecule has 3 heterocycles. The molecular formula is C27H21F3N6O2. The van der Waals surface area contributed by atoms with Crippen LogP contribution in [0.1, 0.15) is 40.9 Å². The highest BCUT2D eigenvalue weighted by molar-refractivity contribution is 6.04. The number of pyridine rings is 2. The molecule has 0 bridgehead atoms. The van der Waals surface area contributed by atoms with E-state index in [2.05, 4.69) is 30.6 Å². The molecule has 0 spiro atoms. The lowest BCUT2D eigenvalue weighted by molar-refractivity contribution is -0.117. The van der Waals surface area contributed by atoms with Gasteiger partial charge in [0.05, 0.1) is 29.5 Å². The fourth-order valence-electron chi connectivity index (χ4n) is 3.81. The van der Waals surface area contributed by atoms with Crippen molar-refractivity contribution in [1.82, 2.24) is 19.9 Å². The van der Waals surface area contributed by atoms with Crippen molar-refractivity contribution in [2.75, 3.05) is 10.6 Å². The van der Waals surface area contributed by atoms with Gasteiger partial charge in [0.15, 0.2) is 0 Å². The third kappa shape index (κ3) is 5.51. The first-order valence-electron chi connectivity index (χ1n) is 11.7. The largest absolute Gasteiger partial charge is 0.319 e. The Morgan fingerprint density at radius 2 is 1.74 bits per heavy atom. The molecule has 0 radical (unpaired) electrons. The molecule has 1 aromatic carbocycles. The van der Waals surface area contributed by atoms with E-state index in [1.54, 1.807) is 31.5 Å². The van der Waals surface area contributed by atoms with Crippen molar-refractivity contribution < 1.29 is 22.8 Å². The van der Waals surface area contributed by atoms with Crippen LogP contribution in [0.15, 0.2) is 61.2 Å². The number of nitrogens with one attached hydrogen (secondary N) is 2. The fourth-order valence-corrected chi connectivity index (χ4v) is 3.81. The molecule has 1 fully saturated rings. The summed E-state index contributed by atoms with van der Waals surface area (Å²) in [6.45, 7) is 1.69. The highest BCUT2D eigenvalue weighted by atomic mass is 19.3. The number of carbonyl (C=O) groups is 2.